The summed E-state index contributed by atoms with van der Waals surface area (Å²) in [7, 11) is 0. The highest BCUT2D eigenvalue weighted by atomic mass is 16.5. The molecule has 2 heteroatoms. The fourth-order valence-electron chi connectivity index (χ4n) is 2.75. The number of allylic oxidation sites excluding steroid dienone is 1. The van der Waals surface area contributed by atoms with Crippen LogP contribution in [0, 0.1) is 23.7 Å². The molecule has 2 bridgehead atoms. The van der Waals surface area contributed by atoms with Crippen LogP contribution in [-0.2, 0) is 9.53 Å². The Balaban J connectivity index is 2.21. The fraction of sp³-hybridized carbons (Fsp3) is 0.615. The topological polar surface area (TPSA) is 26.3 Å². The van der Waals surface area contributed by atoms with Gasteiger partial charge in [0.2, 0.25) is 0 Å². The van der Waals surface area contributed by atoms with Gasteiger partial charge in [-0.05, 0) is 25.2 Å². The molecule has 0 aromatic rings. The van der Waals surface area contributed by atoms with Crippen molar-refractivity contribution in [2.45, 2.75) is 38.7 Å². The molecule has 0 saturated heterocycles. The summed E-state index contributed by atoms with van der Waals surface area (Å²) >= 11 is 0. The Hall–Kier alpha value is -1.23. The first kappa shape index (κ1) is 10.3. The van der Waals surface area contributed by atoms with Gasteiger partial charge in [0.25, 0.3) is 0 Å². The highest BCUT2D eigenvalue weighted by molar-refractivity contribution is 5.66. The van der Waals surface area contributed by atoms with Crippen molar-refractivity contribution < 1.29 is 9.53 Å². The summed E-state index contributed by atoms with van der Waals surface area (Å²) in [6.45, 7) is 1.47. The Kier molecular flexibility index (Phi) is 2.56. The van der Waals surface area contributed by atoms with Gasteiger partial charge in [0.1, 0.15) is 6.10 Å². The zero-order valence-electron chi connectivity index (χ0n) is 9.03. The average Bonchev–Trinajstić information content (AvgIpc) is 2.20. The predicted octanol–water partition coefficient (Wildman–Crippen LogP) is 2.30. The molecule has 0 aliphatic heterocycles. The standard InChI is InChI=1S/C13H16O2/c1-3-6-13-7-4-11(5-8-13)9-12(13)15-10(2)14/h1,4,7,11-12H,5-6,8-9H2,2H3. The van der Waals surface area contributed by atoms with E-state index in [9.17, 15) is 4.79 Å². The second-order valence-electron chi connectivity index (χ2n) is 4.61. The van der Waals surface area contributed by atoms with Crippen molar-refractivity contribution in [3.8, 4) is 12.3 Å². The van der Waals surface area contributed by atoms with E-state index < -0.39 is 0 Å². The quantitative estimate of drug-likeness (QED) is 0.392. The number of hydrogen-bond acceptors (Lipinski definition) is 2. The number of ether oxygens (including phenoxy) is 1. The van der Waals surface area contributed by atoms with Crippen molar-refractivity contribution in [3.63, 3.8) is 0 Å². The molecule has 3 unspecified atom stereocenters. The van der Waals surface area contributed by atoms with E-state index in [2.05, 4.69) is 18.1 Å². The van der Waals surface area contributed by atoms with E-state index in [1.165, 1.54) is 13.3 Å². The van der Waals surface area contributed by atoms with Gasteiger partial charge >= 0.3 is 5.97 Å². The number of hydrogen-bond donors (Lipinski definition) is 0. The van der Waals surface area contributed by atoms with Gasteiger partial charge in [-0.3, -0.25) is 4.79 Å². The van der Waals surface area contributed by atoms with Gasteiger partial charge in [0, 0.05) is 18.8 Å². The third-order valence-electron chi connectivity index (χ3n) is 3.58. The number of carbonyl (C=O) groups excluding carboxylic acids is 1. The molecule has 0 N–H and O–H groups in total. The molecule has 80 valence electrons. The van der Waals surface area contributed by atoms with Crippen LogP contribution in [0.1, 0.15) is 32.6 Å². The zero-order chi connectivity index (χ0) is 10.9. The second kappa shape index (κ2) is 3.73. The predicted molar refractivity (Wildman–Crippen MR) is 57.9 cm³/mol. The summed E-state index contributed by atoms with van der Waals surface area (Å²) in [6.07, 6.45) is 13.7. The van der Waals surface area contributed by atoms with Gasteiger partial charge in [0.05, 0.1) is 0 Å². The molecule has 0 aromatic carbocycles. The van der Waals surface area contributed by atoms with Crippen molar-refractivity contribution in [2.24, 2.45) is 11.3 Å². The summed E-state index contributed by atoms with van der Waals surface area (Å²) in [4.78, 5) is 11.0. The number of rotatable bonds is 2. The third-order valence-corrected chi connectivity index (χ3v) is 3.58. The second-order valence-corrected chi connectivity index (χ2v) is 4.61. The maximum atomic E-state index is 11.0. The maximum Gasteiger partial charge on any atom is 0.302 e. The van der Waals surface area contributed by atoms with Gasteiger partial charge in [0.15, 0.2) is 0 Å². The molecule has 3 aliphatic carbocycles. The van der Waals surface area contributed by atoms with E-state index in [4.69, 9.17) is 11.2 Å². The van der Waals surface area contributed by atoms with Crippen LogP contribution < -0.4 is 0 Å². The van der Waals surface area contributed by atoms with E-state index in [0.717, 1.165) is 12.8 Å². The van der Waals surface area contributed by atoms with Crippen LogP contribution in [0.5, 0.6) is 0 Å². The molecule has 1 fully saturated rings. The Labute approximate surface area is 90.7 Å². The normalized spacial score (nSPS) is 37.3. The molecule has 0 aromatic heterocycles. The molecular weight excluding hydrogens is 188 g/mol. The number of carbonyl (C=O) groups is 1. The minimum atomic E-state index is -0.197. The Morgan fingerprint density at radius 3 is 3.07 bits per heavy atom. The largest absolute Gasteiger partial charge is 0.462 e. The van der Waals surface area contributed by atoms with E-state index in [1.54, 1.807) is 0 Å². The van der Waals surface area contributed by atoms with E-state index >= 15 is 0 Å². The number of terminal acetylenes is 1. The summed E-state index contributed by atoms with van der Waals surface area (Å²) in [5, 5.41) is 0. The first-order valence-corrected chi connectivity index (χ1v) is 5.46. The molecule has 15 heavy (non-hydrogen) atoms. The van der Waals surface area contributed by atoms with Crippen molar-refractivity contribution in [1.29, 1.82) is 0 Å². The lowest BCUT2D eigenvalue weighted by atomic mass is 9.62. The van der Waals surface area contributed by atoms with E-state index in [0.29, 0.717) is 12.3 Å². The number of esters is 1. The lowest BCUT2D eigenvalue weighted by Gasteiger charge is -2.46. The highest BCUT2D eigenvalue weighted by Gasteiger charge is 2.45. The third kappa shape index (κ3) is 1.79. The Bertz CT molecular complexity index is 337. The van der Waals surface area contributed by atoms with Crippen LogP contribution in [0.4, 0.5) is 0 Å². The summed E-state index contributed by atoms with van der Waals surface area (Å²) < 4.78 is 5.40. The Morgan fingerprint density at radius 1 is 1.73 bits per heavy atom. The van der Waals surface area contributed by atoms with E-state index in [-0.39, 0.29) is 17.5 Å². The Morgan fingerprint density at radius 2 is 2.53 bits per heavy atom. The monoisotopic (exact) mass is 204 g/mol. The fourth-order valence-corrected chi connectivity index (χ4v) is 2.75. The molecule has 1 saturated carbocycles. The molecule has 0 radical (unpaired) electrons. The molecule has 3 atom stereocenters. The summed E-state index contributed by atoms with van der Waals surface area (Å²) in [5.74, 6) is 3.10. The van der Waals surface area contributed by atoms with Crippen molar-refractivity contribution in [2.75, 3.05) is 0 Å². The SMILES string of the molecule is C#CCC12C=CC(CC1)CC2OC(C)=O. The molecular formula is C13H16O2. The molecule has 3 rings (SSSR count). The van der Waals surface area contributed by atoms with Crippen molar-refractivity contribution in [3.05, 3.63) is 12.2 Å². The first-order chi connectivity index (χ1) is 7.16. The molecule has 0 amide bonds. The van der Waals surface area contributed by atoms with E-state index in [1.807, 2.05) is 0 Å². The van der Waals surface area contributed by atoms with Gasteiger partial charge in [-0.2, -0.15) is 0 Å². The minimum absolute atomic E-state index is 0.00481. The maximum absolute atomic E-state index is 11.0. The van der Waals surface area contributed by atoms with Crippen LogP contribution >= 0.6 is 0 Å². The summed E-state index contributed by atoms with van der Waals surface area (Å²) in [6, 6.07) is 0. The van der Waals surface area contributed by atoms with Crippen LogP contribution in [0.15, 0.2) is 12.2 Å². The van der Waals surface area contributed by atoms with Gasteiger partial charge in [-0.1, -0.05) is 12.2 Å². The van der Waals surface area contributed by atoms with Gasteiger partial charge < -0.3 is 4.74 Å². The first-order valence-electron chi connectivity index (χ1n) is 5.46. The van der Waals surface area contributed by atoms with Gasteiger partial charge in [-0.25, -0.2) is 0 Å². The number of fused-ring (bicyclic) bond motifs is 2. The highest BCUT2D eigenvalue weighted by Crippen LogP contribution is 2.49. The molecule has 0 heterocycles. The van der Waals surface area contributed by atoms with Crippen LogP contribution in [0.3, 0.4) is 0 Å². The zero-order valence-corrected chi connectivity index (χ0v) is 9.03. The van der Waals surface area contributed by atoms with Gasteiger partial charge in [-0.15, -0.1) is 12.3 Å². The minimum Gasteiger partial charge on any atom is -0.462 e. The lowest BCUT2D eigenvalue weighted by Crippen LogP contribution is -2.44. The van der Waals surface area contributed by atoms with Crippen LogP contribution in [0.25, 0.3) is 0 Å². The average molecular weight is 204 g/mol. The smallest absolute Gasteiger partial charge is 0.302 e. The molecule has 3 aliphatic rings. The van der Waals surface area contributed by atoms with Crippen LogP contribution in [-0.4, -0.2) is 12.1 Å². The van der Waals surface area contributed by atoms with Crippen molar-refractivity contribution >= 4 is 5.97 Å². The molecule has 0 spiro atoms. The lowest BCUT2D eigenvalue weighted by molar-refractivity contribution is -0.156. The van der Waals surface area contributed by atoms with Crippen molar-refractivity contribution in [1.82, 2.24) is 0 Å². The molecule has 2 nitrogen and oxygen atoms in total. The summed E-state index contributed by atoms with van der Waals surface area (Å²) in [5.41, 5.74) is -0.0742. The van der Waals surface area contributed by atoms with Crippen LogP contribution in [0.2, 0.25) is 0 Å².